The lowest BCUT2D eigenvalue weighted by Gasteiger charge is -2.33. The summed E-state index contributed by atoms with van der Waals surface area (Å²) < 4.78 is 11.5. The molecule has 0 spiro atoms. The first-order valence-corrected chi connectivity index (χ1v) is 8.73. The first-order chi connectivity index (χ1) is 11.9. The van der Waals surface area contributed by atoms with Crippen LogP contribution in [0.25, 0.3) is 0 Å². The van der Waals surface area contributed by atoms with E-state index in [1.807, 2.05) is 37.3 Å². The van der Waals surface area contributed by atoms with Gasteiger partial charge in [-0.25, -0.2) is 0 Å². The summed E-state index contributed by atoms with van der Waals surface area (Å²) in [5.74, 6) is -1.85. The molecule has 1 aromatic carbocycles. The molecule has 0 aromatic heterocycles. The molecule has 5 nitrogen and oxygen atoms in total. The molecule has 0 bridgehead atoms. The molecule has 4 atom stereocenters. The van der Waals surface area contributed by atoms with Crippen LogP contribution in [-0.4, -0.2) is 35.2 Å². The Hall–Kier alpha value is -2.14. The fourth-order valence-corrected chi connectivity index (χ4v) is 4.02. The summed E-state index contributed by atoms with van der Waals surface area (Å²) in [4.78, 5) is 27.5. The number of nitrogens with zero attached hydrogens (tertiary/aromatic N) is 1. The maximum absolute atomic E-state index is 13.2. The highest BCUT2D eigenvalue weighted by Crippen LogP contribution is 2.51. The van der Waals surface area contributed by atoms with Gasteiger partial charge in [0.1, 0.15) is 11.6 Å². The second kappa shape index (κ2) is 6.64. The lowest BCUT2D eigenvalue weighted by Crippen LogP contribution is -2.43. The summed E-state index contributed by atoms with van der Waals surface area (Å²) in [5.41, 5.74) is 0.182. The standard InChI is InChI=1S/C20H25NO4/c1-5-9-15-17(19(23)25-13(2)3)18(22)21-16(12-24-20(15,21)4)14-10-7-6-8-11-14/h5-8,10-11,13,15-17H,1,9,12H2,2-4H3/t15-,16-,17-,20-/m1/s1. The number of esters is 1. The zero-order valence-electron chi connectivity index (χ0n) is 15.0. The quantitative estimate of drug-likeness (QED) is 0.468. The van der Waals surface area contributed by atoms with Crippen LogP contribution in [0.3, 0.4) is 0 Å². The number of fused-ring (bicyclic) bond motifs is 1. The van der Waals surface area contributed by atoms with Crippen molar-refractivity contribution in [2.45, 2.75) is 45.1 Å². The van der Waals surface area contributed by atoms with Crippen molar-refractivity contribution in [1.29, 1.82) is 0 Å². The SMILES string of the molecule is C=CC[C@@H]1[C@@H](C(=O)OC(C)C)C(=O)N2[C@@H](c3ccccc3)CO[C@]12C. The van der Waals surface area contributed by atoms with Gasteiger partial charge in [0.15, 0.2) is 0 Å². The Labute approximate surface area is 148 Å². The normalized spacial score (nSPS) is 31.3. The molecule has 134 valence electrons. The fraction of sp³-hybridized carbons (Fsp3) is 0.500. The minimum Gasteiger partial charge on any atom is -0.462 e. The average molecular weight is 343 g/mol. The van der Waals surface area contributed by atoms with Crippen molar-refractivity contribution in [3.63, 3.8) is 0 Å². The second-order valence-corrected chi connectivity index (χ2v) is 7.09. The van der Waals surface area contributed by atoms with E-state index >= 15 is 0 Å². The minimum atomic E-state index is -0.850. The van der Waals surface area contributed by atoms with Crippen LogP contribution < -0.4 is 0 Å². The minimum absolute atomic E-state index is 0.192. The van der Waals surface area contributed by atoms with E-state index in [1.54, 1.807) is 24.8 Å². The molecule has 0 radical (unpaired) electrons. The summed E-state index contributed by atoms with van der Waals surface area (Å²) >= 11 is 0. The highest BCUT2D eigenvalue weighted by molar-refractivity contribution is 6.01. The molecule has 0 N–H and O–H groups in total. The number of allylic oxidation sites excluding steroid dienone is 1. The molecular weight excluding hydrogens is 318 g/mol. The Morgan fingerprint density at radius 2 is 2.12 bits per heavy atom. The molecule has 1 amide bonds. The van der Waals surface area contributed by atoms with Gasteiger partial charge in [0.05, 0.1) is 18.8 Å². The first-order valence-electron chi connectivity index (χ1n) is 8.73. The Morgan fingerprint density at radius 3 is 2.72 bits per heavy atom. The maximum Gasteiger partial charge on any atom is 0.319 e. The monoisotopic (exact) mass is 343 g/mol. The van der Waals surface area contributed by atoms with Crippen LogP contribution in [0, 0.1) is 11.8 Å². The average Bonchev–Trinajstić information content (AvgIpc) is 3.02. The van der Waals surface area contributed by atoms with Crippen LogP contribution >= 0.6 is 0 Å². The highest BCUT2D eigenvalue weighted by atomic mass is 16.6. The molecule has 3 rings (SSSR count). The summed E-state index contributed by atoms with van der Waals surface area (Å²) in [6.45, 7) is 9.67. The second-order valence-electron chi connectivity index (χ2n) is 7.09. The van der Waals surface area contributed by atoms with E-state index < -0.39 is 17.6 Å². The molecule has 0 unspecified atom stereocenters. The summed E-state index contributed by atoms with van der Waals surface area (Å²) in [6.07, 6.45) is 1.98. The molecule has 2 fully saturated rings. The smallest absolute Gasteiger partial charge is 0.319 e. The van der Waals surface area contributed by atoms with Gasteiger partial charge in [-0.2, -0.15) is 0 Å². The number of carbonyl (C=O) groups is 2. The number of ether oxygens (including phenoxy) is 2. The van der Waals surface area contributed by atoms with Gasteiger partial charge in [0.25, 0.3) is 0 Å². The van der Waals surface area contributed by atoms with Crippen molar-refractivity contribution in [2.75, 3.05) is 6.61 Å². The van der Waals surface area contributed by atoms with Gasteiger partial charge in [-0.1, -0.05) is 36.4 Å². The van der Waals surface area contributed by atoms with Crippen molar-refractivity contribution in [2.24, 2.45) is 11.8 Å². The summed E-state index contributed by atoms with van der Waals surface area (Å²) in [6, 6.07) is 9.59. The van der Waals surface area contributed by atoms with Crippen LogP contribution in [0.4, 0.5) is 0 Å². The van der Waals surface area contributed by atoms with Gasteiger partial charge in [-0.3, -0.25) is 9.59 Å². The van der Waals surface area contributed by atoms with Crippen LogP contribution in [0.15, 0.2) is 43.0 Å². The predicted octanol–water partition coefficient (Wildman–Crippen LogP) is 3.08. The highest BCUT2D eigenvalue weighted by Gasteiger charge is 2.64. The number of amides is 1. The third-order valence-electron chi connectivity index (χ3n) is 5.13. The lowest BCUT2D eigenvalue weighted by atomic mass is 9.85. The molecule has 0 saturated carbocycles. The number of hydrogen-bond acceptors (Lipinski definition) is 4. The Bertz CT molecular complexity index is 672. The molecule has 2 aliphatic rings. The summed E-state index contributed by atoms with van der Waals surface area (Å²) in [5, 5.41) is 0. The van der Waals surface area contributed by atoms with Gasteiger partial charge < -0.3 is 14.4 Å². The number of benzene rings is 1. The molecule has 1 aromatic rings. The van der Waals surface area contributed by atoms with Gasteiger partial charge in [-0.05, 0) is 32.8 Å². The summed E-state index contributed by atoms with van der Waals surface area (Å²) in [7, 11) is 0. The molecule has 0 aliphatic carbocycles. The van der Waals surface area contributed by atoms with Crippen LogP contribution in [-0.2, 0) is 19.1 Å². The molecule has 2 aliphatic heterocycles. The van der Waals surface area contributed by atoms with E-state index in [0.29, 0.717) is 13.0 Å². The van der Waals surface area contributed by atoms with E-state index in [2.05, 4.69) is 6.58 Å². The molecule has 5 heteroatoms. The Morgan fingerprint density at radius 1 is 1.44 bits per heavy atom. The molecule has 2 saturated heterocycles. The van der Waals surface area contributed by atoms with E-state index in [-0.39, 0.29) is 24.0 Å². The van der Waals surface area contributed by atoms with Crippen molar-refractivity contribution in [3.05, 3.63) is 48.6 Å². The number of rotatable bonds is 5. The van der Waals surface area contributed by atoms with Crippen LogP contribution in [0.1, 0.15) is 38.8 Å². The van der Waals surface area contributed by atoms with Crippen molar-refractivity contribution < 1.29 is 19.1 Å². The lowest BCUT2D eigenvalue weighted by molar-refractivity contribution is -0.158. The van der Waals surface area contributed by atoms with Crippen molar-refractivity contribution in [1.82, 2.24) is 4.90 Å². The van der Waals surface area contributed by atoms with Gasteiger partial charge >= 0.3 is 5.97 Å². The maximum atomic E-state index is 13.2. The topological polar surface area (TPSA) is 55.8 Å². The fourth-order valence-electron chi connectivity index (χ4n) is 4.02. The van der Waals surface area contributed by atoms with Gasteiger partial charge in [-0.15, -0.1) is 6.58 Å². The third kappa shape index (κ3) is 2.86. The number of carbonyl (C=O) groups excluding carboxylic acids is 2. The number of hydrogen-bond donors (Lipinski definition) is 0. The van der Waals surface area contributed by atoms with Crippen molar-refractivity contribution in [3.8, 4) is 0 Å². The van der Waals surface area contributed by atoms with Crippen molar-refractivity contribution >= 4 is 11.9 Å². The zero-order valence-corrected chi connectivity index (χ0v) is 15.0. The van der Waals surface area contributed by atoms with Crippen LogP contribution in [0.5, 0.6) is 0 Å². The van der Waals surface area contributed by atoms with E-state index in [1.165, 1.54) is 0 Å². The van der Waals surface area contributed by atoms with E-state index in [4.69, 9.17) is 9.47 Å². The molecule has 25 heavy (non-hydrogen) atoms. The van der Waals surface area contributed by atoms with E-state index in [0.717, 1.165) is 5.56 Å². The van der Waals surface area contributed by atoms with Gasteiger partial charge in [0, 0.05) is 5.92 Å². The Kier molecular flexibility index (Phi) is 4.69. The zero-order chi connectivity index (χ0) is 18.2. The molecule has 2 heterocycles. The first kappa shape index (κ1) is 17.7. The predicted molar refractivity (Wildman–Crippen MR) is 93.4 cm³/mol. The third-order valence-corrected chi connectivity index (χ3v) is 5.13. The molecular formula is C20H25NO4. The van der Waals surface area contributed by atoms with E-state index in [9.17, 15) is 9.59 Å². The van der Waals surface area contributed by atoms with Gasteiger partial charge in [0.2, 0.25) is 5.91 Å². The van der Waals surface area contributed by atoms with Crippen LogP contribution in [0.2, 0.25) is 0 Å². The largest absolute Gasteiger partial charge is 0.462 e. The Balaban J connectivity index is 1.98.